The van der Waals surface area contributed by atoms with E-state index < -0.39 is 10.0 Å². The Labute approximate surface area is 149 Å². The molecule has 0 aliphatic carbocycles. The van der Waals surface area contributed by atoms with Crippen LogP contribution < -0.4 is 14.2 Å². The first kappa shape index (κ1) is 15.9. The van der Waals surface area contributed by atoms with Crippen molar-refractivity contribution in [1.82, 2.24) is 0 Å². The van der Waals surface area contributed by atoms with E-state index in [2.05, 4.69) is 4.72 Å². The molecule has 0 aromatic heterocycles. The molecule has 5 nitrogen and oxygen atoms in total. The van der Waals surface area contributed by atoms with Gasteiger partial charge in [-0.1, -0.05) is 23.2 Å². The van der Waals surface area contributed by atoms with Crippen LogP contribution in [0.25, 0.3) is 0 Å². The molecule has 2 aliphatic rings. The van der Waals surface area contributed by atoms with Crippen molar-refractivity contribution in [2.45, 2.75) is 17.7 Å². The van der Waals surface area contributed by atoms with Crippen molar-refractivity contribution in [3.8, 4) is 11.5 Å². The van der Waals surface area contributed by atoms with Crippen LogP contribution >= 0.6 is 23.2 Å². The van der Waals surface area contributed by atoms with Crippen LogP contribution in [0.2, 0.25) is 10.0 Å². The van der Waals surface area contributed by atoms with Gasteiger partial charge in [0.1, 0.15) is 16.4 Å². The van der Waals surface area contributed by atoms with E-state index in [0.717, 1.165) is 5.56 Å². The first-order valence-electron chi connectivity index (χ1n) is 7.37. The molecule has 4 rings (SSSR count). The van der Waals surface area contributed by atoms with Gasteiger partial charge in [0.25, 0.3) is 10.0 Å². The van der Waals surface area contributed by atoms with Crippen LogP contribution in [-0.2, 0) is 22.9 Å². The zero-order valence-corrected chi connectivity index (χ0v) is 14.8. The van der Waals surface area contributed by atoms with Gasteiger partial charge >= 0.3 is 0 Å². The molecule has 0 radical (unpaired) electrons. The predicted molar refractivity (Wildman–Crippen MR) is 92.1 cm³/mol. The van der Waals surface area contributed by atoms with E-state index in [1.165, 1.54) is 18.2 Å². The van der Waals surface area contributed by atoms with Gasteiger partial charge in [-0.05, 0) is 24.3 Å². The molecule has 0 spiro atoms. The topological polar surface area (TPSA) is 64.6 Å². The monoisotopic (exact) mass is 385 g/mol. The van der Waals surface area contributed by atoms with E-state index in [1.807, 2.05) is 6.07 Å². The summed E-state index contributed by atoms with van der Waals surface area (Å²) in [6, 6.07) is 6.42. The Balaban J connectivity index is 1.83. The van der Waals surface area contributed by atoms with Crippen molar-refractivity contribution in [1.29, 1.82) is 0 Å². The van der Waals surface area contributed by atoms with Gasteiger partial charge in [0.05, 0.1) is 18.9 Å². The van der Waals surface area contributed by atoms with Crippen LogP contribution in [-0.4, -0.2) is 21.6 Å². The van der Waals surface area contributed by atoms with Crippen LogP contribution in [0.15, 0.2) is 29.2 Å². The number of hydrogen-bond donors (Lipinski definition) is 1. The molecule has 0 saturated carbocycles. The average molecular weight is 386 g/mol. The Morgan fingerprint density at radius 2 is 1.67 bits per heavy atom. The molecular formula is C16H13Cl2NO4S. The SMILES string of the molecule is O=S(=O)(Nc1cc(Cl)cc(Cl)c1)c1c2c(cc3c1OCC3)OCC2. The molecule has 0 atom stereocenters. The van der Waals surface area contributed by atoms with Crippen molar-refractivity contribution >= 4 is 38.9 Å². The normalized spacial score (nSPS) is 15.4. The van der Waals surface area contributed by atoms with E-state index in [0.29, 0.717) is 58.9 Å². The highest BCUT2D eigenvalue weighted by Crippen LogP contribution is 2.43. The maximum atomic E-state index is 13.0. The third-order valence-corrected chi connectivity index (χ3v) is 5.90. The van der Waals surface area contributed by atoms with Crippen molar-refractivity contribution < 1.29 is 17.9 Å². The summed E-state index contributed by atoms with van der Waals surface area (Å²) < 4.78 is 39.7. The summed E-state index contributed by atoms with van der Waals surface area (Å²) in [6.07, 6.45) is 1.19. The van der Waals surface area contributed by atoms with Gasteiger partial charge in [0.2, 0.25) is 0 Å². The number of halogens is 2. The third kappa shape index (κ3) is 2.68. The van der Waals surface area contributed by atoms with E-state index in [9.17, 15) is 8.42 Å². The number of hydrogen-bond acceptors (Lipinski definition) is 4. The van der Waals surface area contributed by atoms with Crippen LogP contribution in [0.3, 0.4) is 0 Å². The second kappa shape index (κ2) is 5.72. The Hall–Kier alpha value is -1.63. The van der Waals surface area contributed by atoms with Gasteiger partial charge in [-0.25, -0.2) is 8.42 Å². The highest BCUT2D eigenvalue weighted by atomic mass is 35.5. The highest BCUT2D eigenvalue weighted by molar-refractivity contribution is 7.92. The third-order valence-electron chi connectivity index (χ3n) is 3.99. The van der Waals surface area contributed by atoms with Crippen molar-refractivity contribution in [3.63, 3.8) is 0 Å². The fourth-order valence-electron chi connectivity index (χ4n) is 3.04. The molecule has 0 unspecified atom stereocenters. The maximum Gasteiger partial charge on any atom is 0.266 e. The molecule has 2 heterocycles. The van der Waals surface area contributed by atoms with Crippen molar-refractivity contribution in [2.24, 2.45) is 0 Å². The van der Waals surface area contributed by atoms with Gasteiger partial charge < -0.3 is 9.47 Å². The van der Waals surface area contributed by atoms with Gasteiger partial charge in [0.15, 0.2) is 0 Å². The minimum atomic E-state index is -3.87. The van der Waals surface area contributed by atoms with Crippen molar-refractivity contribution in [2.75, 3.05) is 17.9 Å². The fourth-order valence-corrected chi connectivity index (χ4v) is 5.06. The van der Waals surface area contributed by atoms with E-state index in [1.54, 1.807) is 0 Å². The minimum absolute atomic E-state index is 0.154. The van der Waals surface area contributed by atoms with Crippen LogP contribution in [0.1, 0.15) is 11.1 Å². The molecule has 0 saturated heterocycles. The lowest BCUT2D eigenvalue weighted by molar-refractivity contribution is 0.348. The molecule has 0 bridgehead atoms. The summed E-state index contributed by atoms with van der Waals surface area (Å²) in [5.41, 5.74) is 1.80. The summed E-state index contributed by atoms with van der Waals surface area (Å²) in [7, 11) is -3.87. The maximum absolute atomic E-state index is 13.0. The van der Waals surface area contributed by atoms with Gasteiger partial charge in [-0.15, -0.1) is 0 Å². The van der Waals surface area contributed by atoms with E-state index in [-0.39, 0.29) is 4.90 Å². The summed E-state index contributed by atoms with van der Waals surface area (Å²) in [6.45, 7) is 0.924. The Morgan fingerprint density at radius 3 is 2.42 bits per heavy atom. The number of rotatable bonds is 3. The smallest absolute Gasteiger partial charge is 0.266 e. The van der Waals surface area contributed by atoms with Crippen LogP contribution in [0, 0.1) is 0 Å². The molecule has 1 N–H and O–H groups in total. The van der Waals surface area contributed by atoms with Crippen LogP contribution in [0.4, 0.5) is 5.69 Å². The van der Waals surface area contributed by atoms with Gasteiger partial charge in [0, 0.05) is 34.0 Å². The molecular weight excluding hydrogens is 373 g/mol. The highest BCUT2D eigenvalue weighted by Gasteiger charge is 2.33. The largest absolute Gasteiger partial charge is 0.493 e. The summed E-state index contributed by atoms with van der Waals surface area (Å²) in [4.78, 5) is 0.154. The number of fused-ring (bicyclic) bond motifs is 2. The standard InChI is InChI=1S/C16H13Cl2NO4S/c17-10-6-11(18)8-12(7-10)19-24(20,21)16-13-2-4-22-14(13)5-9-1-3-23-15(9)16/h5-8,19H,1-4H2. The lowest BCUT2D eigenvalue weighted by atomic mass is 10.1. The minimum Gasteiger partial charge on any atom is -0.493 e. The van der Waals surface area contributed by atoms with Crippen molar-refractivity contribution in [3.05, 3.63) is 45.4 Å². The molecule has 2 aromatic carbocycles. The molecule has 8 heteroatoms. The van der Waals surface area contributed by atoms with E-state index in [4.69, 9.17) is 32.7 Å². The molecule has 2 aromatic rings. The molecule has 24 heavy (non-hydrogen) atoms. The second-order valence-electron chi connectivity index (χ2n) is 5.63. The molecule has 0 amide bonds. The number of benzene rings is 2. The Morgan fingerprint density at radius 1 is 0.958 bits per heavy atom. The molecule has 0 fully saturated rings. The first-order valence-corrected chi connectivity index (χ1v) is 9.61. The zero-order chi connectivity index (χ0) is 16.9. The first-order chi connectivity index (χ1) is 11.4. The second-order valence-corrected chi connectivity index (χ2v) is 8.12. The summed E-state index contributed by atoms with van der Waals surface area (Å²) in [5.74, 6) is 1.03. The van der Waals surface area contributed by atoms with Gasteiger partial charge in [-0.3, -0.25) is 4.72 Å². The lowest BCUT2D eigenvalue weighted by Gasteiger charge is -2.15. The zero-order valence-electron chi connectivity index (χ0n) is 12.4. The van der Waals surface area contributed by atoms with Crippen LogP contribution in [0.5, 0.6) is 11.5 Å². The fraction of sp³-hybridized carbons (Fsp3) is 0.250. The Bertz CT molecular complexity index is 891. The van der Waals surface area contributed by atoms with Gasteiger partial charge in [-0.2, -0.15) is 0 Å². The number of anilines is 1. The summed E-state index contributed by atoms with van der Waals surface area (Å²) >= 11 is 11.9. The molecule has 126 valence electrons. The number of nitrogens with one attached hydrogen (secondary N) is 1. The number of sulfonamides is 1. The quantitative estimate of drug-likeness (QED) is 0.875. The van der Waals surface area contributed by atoms with E-state index >= 15 is 0 Å². The molecule has 2 aliphatic heterocycles. The summed E-state index contributed by atoms with van der Waals surface area (Å²) in [5, 5.41) is 0.701. The predicted octanol–water partition coefficient (Wildman–Crippen LogP) is 3.66. The Kier molecular flexibility index (Phi) is 3.78. The number of ether oxygens (including phenoxy) is 2. The average Bonchev–Trinajstić information content (AvgIpc) is 3.10. The lowest BCUT2D eigenvalue weighted by Crippen LogP contribution is -2.16.